The predicted molar refractivity (Wildman–Crippen MR) is 153 cm³/mol. The van der Waals surface area contributed by atoms with Gasteiger partial charge in [-0.1, -0.05) is 78.3 Å². The lowest BCUT2D eigenvalue weighted by Crippen LogP contribution is -2.18. The van der Waals surface area contributed by atoms with Crippen molar-refractivity contribution in [3.63, 3.8) is 0 Å². The van der Waals surface area contributed by atoms with Crippen molar-refractivity contribution in [2.75, 3.05) is 13.2 Å². The summed E-state index contributed by atoms with van der Waals surface area (Å²) in [6, 6.07) is 15.1. The SMILES string of the molecule is CCCCc1nc(Cl)c(C(=O)O)n1Cc1ccc(-c2ccccc2-c2nnn(C(=O)OCCCCCON(O)O)n2)cc1. The molecule has 3 N–H and O–H groups in total. The summed E-state index contributed by atoms with van der Waals surface area (Å²) in [5.41, 5.74) is 3.18. The Balaban J connectivity index is 1.44. The molecule has 0 bridgehead atoms. The van der Waals surface area contributed by atoms with E-state index in [-0.39, 0.29) is 35.3 Å². The van der Waals surface area contributed by atoms with E-state index < -0.39 is 12.1 Å². The van der Waals surface area contributed by atoms with Crippen LogP contribution >= 0.6 is 11.6 Å². The number of carboxylic acid groups (broad SMARTS) is 1. The van der Waals surface area contributed by atoms with Gasteiger partial charge in [0, 0.05) is 18.5 Å². The minimum atomic E-state index is -1.13. The first kappa shape index (κ1) is 31.7. The van der Waals surface area contributed by atoms with Crippen molar-refractivity contribution in [1.29, 1.82) is 0 Å². The zero-order chi connectivity index (χ0) is 30.8. The van der Waals surface area contributed by atoms with Crippen LogP contribution < -0.4 is 0 Å². The molecule has 0 spiro atoms. The van der Waals surface area contributed by atoms with Crippen molar-refractivity contribution in [2.45, 2.75) is 52.0 Å². The quantitative estimate of drug-likeness (QED) is 0.119. The molecule has 2 aromatic carbocycles. The Labute approximate surface area is 251 Å². The number of carboxylic acids is 1. The molecule has 14 nitrogen and oxygen atoms in total. The van der Waals surface area contributed by atoms with E-state index >= 15 is 0 Å². The summed E-state index contributed by atoms with van der Waals surface area (Å²) < 4.78 is 6.85. The number of aryl methyl sites for hydroxylation is 1. The van der Waals surface area contributed by atoms with E-state index in [9.17, 15) is 14.7 Å². The number of rotatable bonds is 15. The Morgan fingerprint density at radius 2 is 1.70 bits per heavy atom. The van der Waals surface area contributed by atoms with Crippen molar-refractivity contribution >= 4 is 23.7 Å². The van der Waals surface area contributed by atoms with E-state index in [1.807, 2.05) is 48.5 Å². The fourth-order valence-corrected chi connectivity index (χ4v) is 4.69. The number of imidazole rings is 1. The number of tetrazole rings is 1. The van der Waals surface area contributed by atoms with E-state index in [1.54, 1.807) is 4.57 Å². The maximum absolute atomic E-state index is 12.4. The molecule has 0 aliphatic carbocycles. The molecule has 2 heterocycles. The second-order valence-electron chi connectivity index (χ2n) is 9.57. The molecule has 4 aromatic rings. The summed E-state index contributed by atoms with van der Waals surface area (Å²) in [6.45, 7) is 2.60. The summed E-state index contributed by atoms with van der Waals surface area (Å²) >= 11 is 6.17. The first-order valence-electron chi connectivity index (χ1n) is 13.7. The van der Waals surface area contributed by atoms with Crippen molar-refractivity contribution < 1.29 is 34.7 Å². The second kappa shape index (κ2) is 15.3. The molecule has 4 rings (SSSR count). The van der Waals surface area contributed by atoms with Crippen LogP contribution in [-0.4, -0.2) is 75.9 Å². The smallest absolute Gasteiger partial charge is 0.453 e. The molecule has 15 heteroatoms. The Kier molecular flexibility index (Phi) is 11.3. The maximum atomic E-state index is 12.4. The summed E-state index contributed by atoms with van der Waals surface area (Å²) in [6.07, 6.45) is 3.39. The Hall–Kier alpha value is -4.21. The van der Waals surface area contributed by atoms with E-state index in [0.717, 1.165) is 34.3 Å². The molecule has 0 radical (unpaired) electrons. The molecule has 2 aromatic heterocycles. The molecule has 0 saturated heterocycles. The highest BCUT2D eigenvalue weighted by atomic mass is 35.5. The number of benzene rings is 2. The van der Waals surface area contributed by atoms with E-state index in [2.05, 4.69) is 32.2 Å². The summed E-state index contributed by atoms with van der Waals surface area (Å²) in [5, 5.41) is 38.4. The van der Waals surface area contributed by atoms with Crippen molar-refractivity contribution in [3.05, 3.63) is 70.8 Å². The van der Waals surface area contributed by atoms with Gasteiger partial charge in [-0.15, -0.1) is 10.2 Å². The fourth-order valence-electron chi connectivity index (χ4n) is 4.41. The van der Waals surface area contributed by atoms with Crippen molar-refractivity contribution in [1.82, 2.24) is 35.1 Å². The summed E-state index contributed by atoms with van der Waals surface area (Å²) in [4.78, 5) is 33.8. The Morgan fingerprint density at radius 1 is 0.977 bits per heavy atom. The molecule has 228 valence electrons. The zero-order valence-corrected chi connectivity index (χ0v) is 24.2. The number of unbranched alkanes of at least 4 members (excludes halogenated alkanes) is 3. The van der Waals surface area contributed by atoms with Crippen molar-refractivity contribution in [2.24, 2.45) is 0 Å². The molecule has 43 heavy (non-hydrogen) atoms. The zero-order valence-electron chi connectivity index (χ0n) is 23.5. The first-order valence-corrected chi connectivity index (χ1v) is 14.1. The number of aromatic nitrogens is 6. The fraction of sp³-hybridized carbons (Fsp3) is 0.357. The number of carbonyl (C=O) groups excluding carboxylic acids is 1. The molecular formula is C28H32ClN7O7. The van der Waals surface area contributed by atoms with Crippen LogP contribution in [0.5, 0.6) is 0 Å². The number of hydrogen-bond acceptors (Lipinski definition) is 11. The van der Waals surface area contributed by atoms with Gasteiger partial charge in [0.05, 0.1) is 18.6 Å². The topological polar surface area (TPSA) is 178 Å². The van der Waals surface area contributed by atoms with E-state index in [4.69, 9.17) is 26.8 Å². The Bertz CT molecular complexity index is 1520. The monoisotopic (exact) mass is 613 g/mol. The molecule has 0 aliphatic heterocycles. The largest absolute Gasteiger partial charge is 0.476 e. The molecule has 0 unspecified atom stereocenters. The average Bonchev–Trinajstić information content (AvgIpc) is 3.60. The van der Waals surface area contributed by atoms with Gasteiger partial charge in [-0.3, -0.25) is 15.3 Å². The number of ether oxygens (including phenoxy) is 1. The van der Waals surface area contributed by atoms with Crippen molar-refractivity contribution in [3.8, 4) is 22.5 Å². The van der Waals surface area contributed by atoms with Gasteiger partial charge in [0.15, 0.2) is 10.8 Å². The predicted octanol–water partition coefficient (Wildman–Crippen LogP) is 5.11. The highest BCUT2D eigenvalue weighted by Crippen LogP contribution is 2.30. The Morgan fingerprint density at radius 3 is 2.40 bits per heavy atom. The summed E-state index contributed by atoms with van der Waals surface area (Å²) in [7, 11) is 0. The molecule has 0 aliphatic rings. The average molecular weight is 614 g/mol. The van der Waals surface area contributed by atoms with Gasteiger partial charge in [0.1, 0.15) is 5.82 Å². The van der Waals surface area contributed by atoms with Crippen LogP contribution in [0, 0.1) is 0 Å². The van der Waals surface area contributed by atoms with E-state index in [0.29, 0.717) is 43.6 Å². The lowest BCUT2D eigenvalue weighted by atomic mass is 9.98. The maximum Gasteiger partial charge on any atom is 0.453 e. The van der Waals surface area contributed by atoms with Gasteiger partial charge in [0.2, 0.25) is 5.82 Å². The highest BCUT2D eigenvalue weighted by molar-refractivity contribution is 6.32. The standard InChI is InChI=1S/C28H32ClN7O7/c1-2-3-11-23-30-25(29)24(27(37)38)34(23)18-19-12-14-20(15-13-19)21-9-5-6-10-22(21)26-31-33-35(32-26)28(39)42-16-7-4-8-17-43-36(40)41/h5-6,9-10,12-15,40-41H,2-4,7-8,11,16-18H2,1H3,(H,37,38). The van der Waals surface area contributed by atoms with Gasteiger partial charge < -0.3 is 14.4 Å². The van der Waals surface area contributed by atoms with Gasteiger partial charge >= 0.3 is 12.1 Å². The van der Waals surface area contributed by atoms with Crippen LogP contribution in [0.3, 0.4) is 0 Å². The third-order valence-electron chi connectivity index (χ3n) is 6.53. The van der Waals surface area contributed by atoms with Crippen LogP contribution in [0.25, 0.3) is 22.5 Å². The molecular weight excluding hydrogens is 582 g/mol. The van der Waals surface area contributed by atoms with Crippen LogP contribution in [-0.2, 0) is 22.5 Å². The minimum absolute atomic E-state index is 0.0158. The van der Waals surface area contributed by atoms with Gasteiger partial charge in [0.25, 0.3) is 0 Å². The van der Waals surface area contributed by atoms with Crippen LogP contribution in [0.15, 0.2) is 48.5 Å². The minimum Gasteiger partial charge on any atom is -0.476 e. The molecule has 0 atom stereocenters. The van der Waals surface area contributed by atoms with Gasteiger partial charge in [-0.2, -0.15) is 0 Å². The number of carbonyl (C=O) groups is 2. The number of nitrogens with zero attached hydrogens (tertiary/aromatic N) is 7. The number of halogens is 1. The van der Waals surface area contributed by atoms with Gasteiger partial charge in [-0.05, 0) is 47.6 Å². The first-order chi connectivity index (χ1) is 20.8. The molecule has 0 saturated carbocycles. The van der Waals surface area contributed by atoms with E-state index in [1.165, 1.54) is 0 Å². The summed E-state index contributed by atoms with van der Waals surface area (Å²) in [5.74, 6) is -0.247. The van der Waals surface area contributed by atoms with Gasteiger partial charge in [-0.25, -0.2) is 14.6 Å². The van der Waals surface area contributed by atoms with Crippen LogP contribution in [0.1, 0.15) is 60.9 Å². The lowest BCUT2D eigenvalue weighted by Gasteiger charge is -2.12. The number of hydrogen-bond donors (Lipinski definition) is 3. The van der Waals surface area contributed by atoms with Crippen LogP contribution in [0.4, 0.5) is 4.79 Å². The molecule has 0 fully saturated rings. The molecule has 0 amide bonds. The second-order valence-corrected chi connectivity index (χ2v) is 9.93. The third kappa shape index (κ3) is 8.43. The highest BCUT2D eigenvalue weighted by Gasteiger charge is 2.22. The third-order valence-corrected chi connectivity index (χ3v) is 6.80. The number of aromatic carboxylic acids is 1. The lowest BCUT2D eigenvalue weighted by molar-refractivity contribution is -0.492. The normalized spacial score (nSPS) is 11.3. The van der Waals surface area contributed by atoms with Crippen LogP contribution in [0.2, 0.25) is 5.15 Å².